The second-order valence-electron chi connectivity index (χ2n) is 16.4. The minimum atomic E-state index is -1.32. The van der Waals surface area contributed by atoms with Crippen molar-refractivity contribution in [3.63, 3.8) is 0 Å². The number of hydrogen-bond acceptors (Lipinski definition) is 13. The van der Waals surface area contributed by atoms with Crippen LogP contribution in [-0.4, -0.2) is 120 Å². The van der Waals surface area contributed by atoms with Gasteiger partial charge >= 0.3 is 5.97 Å². The molecular formula is C46H58N2O12. The number of likely N-dealkylation sites (tertiary alicyclic amines) is 1. The number of benzene rings is 2. The molecule has 1 saturated heterocycles. The molecule has 14 nitrogen and oxygen atoms in total. The predicted octanol–water partition coefficient (Wildman–Crippen LogP) is 4.53. The highest BCUT2D eigenvalue weighted by Gasteiger charge is 2.51. The molecule has 4 aliphatic rings. The van der Waals surface area contributed by atoms with Gasteiger partial charge in [-0.25, -0.2) is 4.79 Å². The van der Waals surface area contributed by atoms with Crippen molar-refractivity contribution in [3.8, 4) is 17.2 Å². The van der Waals surface area contributed by atoms with Gasteiger partial charge in [0, 0.05) is 68.0 Å². The Morgan fingerprint density at radius 3 is 2.53 bits per heavy atom. The molecule has 4 unspecified atom stereocenters. The maximum atomic E-state index is 14.0. The lowest BCUT2D eigenvalue weighted by molar-refractivity contribution is -0.141. The molecule has 60 heavy (non-hydrogen) atoms. The van der Waals surface area contributed by atoms with Crippen LogP contribution in [0.5, 0.6) is 17.2 Å². The SMILES string of the molecule is CCOC(=O)C1=C(C=O)C(=C2CC(CO)C(=O)C(c3ccc4[nH]ccc4c3)C2)c2c(OC)c3c(c(CO)c2O1)OC(C(O)(CCCCO)C1CCN(CCCOC)CC1)C3. The first kappa shape index (κ1) is 43.5. The molecule has 2 fully saturated rings. The van der Waals surface area contributed by atoms with E-state index in [0.29, 0.717) is 54.4 Å². The van der Waals surface area contributed by atoms with Crippen molar-refractivity contribution in [3.05, 3.63) is 69.6 Å². The van der Waals surface area contributed by atoms with Crippen molar-refractivity contribution < 1.29 is 58.5 Å². The van der Waals surface area contributed by atoms with Crippen LogP contribution in [0.3, 0.4) is 0 Å². The van der Waals surface area contributed by atoms with Crippen molar-refractivity contribution in [1.29, 1.82) is 0 Å². The highest BCUT2D eigenvalue weighted by atomic mass is 16.6. The van der Waals surface area contributed by atoms with Gasteiger partial charge in [-0.2, -0.15) is 0 Å². The maximum Gasteiger partial charge on any atom is 0.375 e. The molecule has 3 aliphatic heterocycles. The van der Waals surface area contributed by atoms with E-state index in [4.69, 9.17) is 23.7 Å². The van der Waals surface area contributed by atoms with Crippen molar-refractivity contribution in [2.45, 2.75) is 88.9 Å². The first-order valence-corrected chi connectivity index (χ1v) is 21.2. The zero-order chi connectivity index (χ0) is 42.6. The molecule has 324 valence electrons. The number of rotatable bonds is 17. The lowest BCUT2D eigenvalue weighted by Crippen LogP contribution is -2.54. The normalized spacial score (nSPS) is 23.2. The van der Waals surface area contributed by atoms with Crippen LogP contribution in [0, 0.1) is 11.8 Å². The van der Waals surface area contributed by atoms with E-state index in [9.17, 15) is 34.8 Å². The highest BCUT2D eigenvalue weighted by Crippen LogP contribution is 2.57. The van der Waals surface area contributed by atoms with E-state index in [0.717, 1.165) is 55.4 Å². The Balaban J connectivity index is 1.36. The number of aliphatic hydroxyl groups excluding tert-OH is 3. The number of ether oxygens (including phenoxy) is 5. The Morgan fingerprint density at radius 2 is 1.85 bits per heavy atom. The van der Waals surface area contributed by atoms with Gasteiger partial charge in [-0.3, -0.25) is 9.59 Å². The molecule has 1 saturated carbocycles. The number of allylic oxidation sites excluding steroid dienone is 3. The summed E-state index contributed by atoms with van der Waals surface area (Å²) in [6.07, 6.45) is 5.87. The number of aromatic amines is 1. The average molecular weight is 831 g/mol. The fraction of sp³-hybridized carbons (Fsp3) is 0.543. The van der Waals surface area contributed by atoms with E-state index in [1.807, 2.05) is 30.5 Å². The molecule has 0 amide bonds. The first-order chi connectivity index (χ1) is 29.1. The number of aldehydes is 1. The lowest BCUT2D eigenvalue weighted by Gasteiger charge is -2.44. The molecule has 2 aromatic carbocycles. The molecule has 14 heteroatoms. The van der Waals surface area contributed by atoms with Crippen LogP contribution in [-0.2, 0) is 36.9 Å². The van der Waals surface area contributed by atoms with Crippen molar-refractivity contribution >= 4 is 34.5 Å². The molecule has 1 aromatic heterocycles. The number of nitrogens with zero attached hydrogens (tertiary/aromatic N) is 1. The number of hydrogen-bond donors (Lipinski definition) is 5. The zero-order valence-electron chi connectivity index (χ0n) is 34.8. The number of piperidine rings is 1. The fourth-order valence-corrected chi connectivity index (χ4v) is 9.99. The average Bonchev–Trinajstić information content (AvgIpc) is 3.93. The van der Waals surface area contributed by atoms with Gasteiger partial charge in [0.05, 0.1) is 43.6 Å². The van der Waals surface area contributed by atoms with Gasteiger partial charge in [-0.1, -0.05) is 11.6 Å². The van der Waals surface area contributed by atoms with Gasteiger partial charge in [-0.05, 0) is 106 Å². The number of nitrogens with one attached hydrogen (secondary N) is 1. The Kier molecular flexibility index (Phi) is 13.8. The van der Waals surface area contributed by atoms with Gasteiger partial charge in [0.25, 0.3) is 0 Å². The summed E-state index contributed by atoms with van der Waals surface area (Å²) in [5.74, 6) is -2.44. The summed E-state index contributed by atoms with van der Waals surface area (Å²) in [7, 11) is 3.18. The standard InChI is InChI=1S/C46H58N2O12/c1-4-58-45(54)44-34(25-51)38(29-21-30(24-50)40(53)32(22-29)27-8-9-36-28(20-27)10-14-47-36)39-42(57-3)33-23-37(59-41(33)35(26-52)43(39)60-44)46(55,13-5-6-18-49)31-11-16-48(17-12-31)15-7-19-56-2/h8-10,14,20,25,30-32,37,47,49-50,52,55H,4-7,11-13,15-19,21-24,26H2,1-3H3. The number of methoxy groups -OCH3 is 2. The molecule has 4 atom stereocenters. The monoisotopic (exact) mass is 830 g/mol. The number of esters is 1. The van der Waals surface area contributed by atoms with Crippen LogP contribution in [0.25, 0.3) is 16.5 Å². The summed E-state index contributed by atoms with van der Waals surface area (Å²) in [6, 6.07) is 7.64. The molecule has 0 bridgehead atoms. The minimum absolute atomic E-state index is 0.00646. The number of carbonyl (C=O) groups excluding carboxylic acids is 3. The van der Waals surface area contributed by atoms with E-state index in [-0.39, 0.29) is 78.3 Å². The predicted molar refractivity (Wildman–Crippen MR) is 222 cm³/mol. The zero-order valence-corrected chi connectivity index (χ0v) is 34.8. The molecular weight excluding hydrogens is 773 g/mol. The van der Waals surface area contributed by atoms with Gasteiger partial charge in [0.2, 0.25) is 5.76 Å². The van der Waals surface area contributed by atoms with Crippen LogP contribution < -0.4 is 14.2 Å². The van der Waals surface area contributed by atoms with Gasteiger partial charge < -0.3 is 54.0 Å². The number of ketones is 1. The second kappa shape index (κ2) is 19.0. The molecule has 4 heterocycles. The number of carbonyl (C=O) groups is 3. The summed E-state index contributed by atoms with van der Waals surface area (Å²) in [5.41, 5.74) is 2.25. The van der Waals surface area contributed by atoms with Crippen LogP contribution in [0.15, 0.2) is 47.4 Å². The molecule has 3 aromatic rings. The molecule has 5 N–H and O–H groups in total. The van der Waals surface area contributed by atoms with Gasteiger partial charge in [-0.15, -0.1) is 0 Å². The molecule has 1 aliphatic carbocycles. The second-order valence-corrected chi connectivity index (χ2v) is 16.4. The topological polar surface area (TPSA) is 197 Å². The molecule has 0 radical (unpaired) electrons. The van der Waals surface area contributed by atoms with Gasteiger partial charge in [0.1, 0.15) is 34.7 Å². The Bertz CT molecular complexity index is 2130. The summed E-state index contributed by atoms with van der Waals surface area (Å²) < 4.78 is 30.0. The number of unbranched alkanes of at least 4 members (excludes halogenated alkanes) is 1. The highest BCUT2D eigenvalue weighted by molar-refractivity contribution is 6.11. The molecule has 7 rings (SSSR count). The number of aliphatic hydroxyl groups is 4. The third-order valence-corrected chi connectivity index (χ3v) is 13.0. The van der Waals surface area contributed by atoms with E-state index in [2.05, 4.69) is 9.88 Å². The fourth-order valence-electron chi connectivity index (χ4n) is 9.99. The number of fused-ring (bicyclic) bond motifs is 3. The van der Waals surface area contributed by atoms with Gasteiger partial charge in [0.15, 0.2) is 6.29 Å². The summed E-state index contributed by atoms with van der Waals surface area (Å²) in [5, 5.41) is 45.3. The first-order valence-electron chi connectivity index (χ1n) is 21.2. The Hall–Kier alpha value is -4.57. The number of aromatic nitrogens is 1. The lowest BCUT2D eigenvalue weighted by atomic mass is 9.71. The summed E-state index contributed by atoms with van der Waals surface area (Å²) >= 11 is 0. The van der Waals surface area contributed by atoms with Crippen molar-refractivity contribution in [2.24, 2.45) is 11.8 Å². The van der Waals surface area contributed by atoms with Crippen LogP contribution in [0.1, 0.15) is 86.5 Å². The number of H-pyrrole nitrogens is 1. The summed E-state index contributed by atoms with van der Waals surface area (Å²) in [4.78, 5) is 46.6. The van der Waals surface area contributed by atoms with E-state index < -0.39 is 42.7 Å². The Morgan fingerprint density at radius 1 is 1.05 bits per heavy atom. The maximum absolute atomic E-state index is 14.0. The van der Waals surface area contributed by atoms with Crippen LogP contribution in [0.4, 0.5) is 0 Å². The third-order valence-electron chi connectivity index (χ3n) is 13.0. The smallest absolute Gasteiger partial charge is 0.375 e. The van der Waals surface area contributed by atoms with E-state index in [1.54, 1.807) is 14.0 Å². The minimum Gasteiger partial charge on any atom is -0.496 e. The Labute approximate surface area is 350 Å². The van der Waals surface area contributed by atoms with E-state index in [1.165, 1.54) is 7.11 Å². The summed E-state index contributed by atoms with van der Waals surface area (Å²) in [6.45, 7) is 3.77. The molecule has 0 spiro atoms. The van der Waals surface area contributed by atoms with Crippen molar-refractivity contribution in [2.75, 3.05) is 60.3 Å². The number of Topliss-reactive ketones (excluding diaryl/α,β-unsaturated/α-hetero) is 1. The van der Waals surface area contributed by atoms with Crippen LogP contribution >= 0.6 is 0 Å². The third kappa shape index (κ3) is 8.13. The van der Waals surface area contributed by atoms with Crippen LogP contribution in [0.2, 0.25) is 0 Å². The van der Waals surface area contributed by atoms with Crippen molar-refractivity contribution in [1.82, 2.24) is 9.88 Å². The quantitative estimate of drug-likeness (QED) is 0.0724. The largest absolute Gasteiger partial charge is 0.496 e. The van der Waals surface area contributed by atoms with E-state index >= 15 is 0 Å².